The van der Waals surface area contributed by atoms with Gasteiger partial charge in [-0.1, -0.05) is 49.6 Å². The first-order chi connectivity index (χ1) is 23.5. The second-order valence-corrected chi connectivity index (χ2v) is 14.0. The SMILES string of the molecule is O=C(O)c1ccc(N(Cc2cnc(C3CCCCC3)cn2)C(=O)C2CCN2S(=O)(=O)c2cc(F)c(F)c(F)c2)cc1OCc1ccccc1. The van der Waals surface area contributed by atoms with Crippen LogP contribution in [0.1, 0.15) is 71.8 Å². The molecule has 2 aliphatic rings. The number of sulfonamides is 1. The van der Waals surface area contributed by atoms with Gasteiger partial charge in [0.15, 0.2) is 17.5 Å². The lowest BCUT2D eigenvalue weighted by Crippen LogP contribution is -2.59. The van der Waals surface area contributed by atoms with E-state index in [1.54, 1.807) is 36.7 Å². The van der Waals surface area contributed by atoms with Gasteiger partial charge >= 0.3 is 5.97 Å². The number of anilines is 1. The Morgan fingerprint density at radius 3 is 2.24 bits per heavy atom. The van der Waals surface area contributed by atoms with E-state index in [0.717, 1.165) is 41.2 Å². The lowest BCUT2D eigenvalue weighted by atomic mass is 9.87. The second-order valence-electron chi connectivity index (χ2n) is 12.1. The summed E-state index contributed by atoms with van der Waals surface area (Å²) in [5.74, 6) is -6.87. The van der Waals surface area contributed by atoms with Crippen LogP contribution in [0.2, 0.25) is 0 Å². The van der Waals surface area contributed by atoms with Crippen molar-refractivity contribution in [3.05, 3.63) is 113 Å². The first-order valence-electron chi connectivity index (χ1n) is 15.9. The number of ether oxygens (including phenoxy) is 1. The molecule has 1 atom stereocenters. The molecule has 256 valence electrons. The van der Waals surface area contributed by atoms with Crippen LogP contribution < -0.4 is 9.64 Å². The minimum atomic E-state index is -4.62. The standard InChI is InChI=1S/C35H33F3N4O6S/c36-28-16-26(17-29(37)33(28)38)49(46,47)42-14-13-31(42)34(43)41(20-24-18-40-30(19-39-24)23-9-5-2-6-10-23)25-11-12-27(35(44)45)32(15-25)48-21-22-7-3-1-4-8-22/h1,3-4,7-8,11-12,15-19,23,31H,2,5-6,9-10,13-14,20-21H2,(H,44,45). The van der Waals surface area contributed by atoms with Gasteiger partial charge in [-0.15, -0.1) is 0 Å². The summed E-state index contributed by atoms with van der Waals surface area (Å²) in [5.41, 5.74) is 2.04. The summed E-state index contributed by atoms with van der Waals surface area (Å²) < 4.78 is 75.2. The maximum Gasteiger partial charge on any atom is 0.339 e. The molecule has 14 heteroatoms. The van der Waals surface area contributed by atoms with E-state index in [1.165, 1.54) is 29.5 Å². The van der Waals surface area contributed by atoms with Crippen molar-refractivity contribution < 1.29 is 41.0 Å². The third-order valence-corrected chi connectivity index (χ3v) is 10.8. The van der Waals surface area contributed by atoms with Gasteiger partial charge in [-0.05, 0) is 49.1 Å². The molecule has 1 aliphatic heterocycles. The molecule has 10 nitrogen and oxygen atoms in total. The van der Waals surface area contributed by atoms with Crippen LogP contribution in [0, 0.1) is 17.5 Å². The van der Waals surface area contributed by atoms with Gasteiger partial charge in [-0.2, -0.15) is 4.31 Å². The van der Waals surface area contributed by atoms with Crippen molar-refractivity contribution >= 4 is 27.6 Å². The van der Waals surface area contributed by atoms with E-state index in [1.807, 2.05) is 6.07 Å². The average molecular weight is 695 g/mol. The molecule has 0 spiro atoms. The van der Waals surface area contributed by atoms with E-state index in [-0.39, 0.29) is 49.0 Å². The predicted molar refractivity (Wildman–Crippen MR) is 172 cm³/mol. The Kier molecular flexibility index (Phi) is 9.97. The van der Waals surface area contributed by atoms with Crippen molar-refractivity contribution in [2.45, 2.75) is 68.5 Å². The molecule has 1 saturated carbocycles. The highest BCUT2D eigenvalue weighted by Gasteiger charge is 2.45. The molecule has 49 heavy (non-hydrogen) atoms. The number of hydrogen-bond acceptors (Lipinski definition) is 7. The van der Waals surface area contributed by atoms with Gasteiger partial charge in [-0.3, -0.25) is 14.8 Å². The lowest BCUT2D eigenvalue weighted by molar-refractivity contribution is -0.125. The van der Waals surface area contributed by atoms with Crippen LogP contribution in [0.3, 0.4) is 0 Å². The molecular weight excluding hydrogens is 661 g/mol. The van der Waals surface area contributed by atoms with Gasteiger partial charge < -0.3 is 14.7 Å². The minimum absolute atomic E-state index is 0.0271. The fraction of sp³-hybridized carbons (Fsp3) is 0.314. The third-order valence-electron chi connectivity index (χ3n) is 8.90. The molecule has 0 bridgehead atoms. The first-order valence-corrected chi connectivity index (χ1v) is 17.3. The van der Waals surface area contributed by atoms with Crippen molar-refractivity contribution in [1.29, 1.82) is 0 Å². The Morgan fingerprint density at radius 1 is 0.918 bits per heavy atom. The zero-order chi connectivity index (χ0) is 34.7. The van der Waals surface area contributed by atoms with E-state index in [2.05, 4.69) is 9.97 Å². The zero-order valence-electron chi connectivity index (χ0n) is 26.3. The highest BCUT2D eigenvalue weighted by atomic mass is 32.2. The average Bonchev–Trinajstić information content (AvgIpc) is 3.08. The highest BCUT2D eigenvalue weighted by molar-refractivity contribution is 7.89. The van der Waals surface area contributed by atoms with Crippen molar-refractivity contribution in [2.24, 2.45) is 0 Å². The molecule has 2 fully saturated rings. The fourth-order valence-corrected chi connectivity index (χ4v) is 7.77. The number of nitrogens with zero attached hydrogens (tertiary/aromatic N) is 4. The third kappa shape index (κ3) is 7.30. The van der Waals surface area contributed by atoms with Gasteiger partial charge in [-0.25, -0.2) is 26.4 Å². The van der Waals surface area contributed by atoms with E-state index < -0.39 is 50.3 Å². The van der Waals surface area contributed by atoms with E-state index >= 15 is 0 Å². The van der Waals surface area contributed by atoms with Gasteiger partial charge in [0.2, 0.25) is 15.9 Å². The van der Waals surface area contributed by atoms with Crippen molar-refractivity contribution in [3.8, 4) is 5.75 Å². The van der Waals surface area contributed by atoms with Crippen molar-refractivity contribution in [2.75, 3.05) is 11.4 Å². The van der Waals surface area contributed by atoms with Crippen molar-refractivity contribution in [1.82, 2.24) is 14.3 Å². The maximum absolute atomic E-state index is 14.2. The van der Waals surface area contributed by atoms with Crippen LogP contribution >= 0.6 is 0 Å². The summed E-state index contributed by atoms with van der Waals surface area (Å²) in [7, 11) is -4.62. The zero-order valence-corrected chi connectivity index (χ0v) is 27.1. The predicted octanol–water partition coefficient (Wildman–Crippen LogP) is 6.22. The van der Waals surface area contributed by atoms with E-state index in [4.69, 9.17) is 4.74 Å². The molecular formula is C35H33F3N4O6S. The molecule has 0 radical (unpaired) electrons. The Hall–Kier alpha value is -4.82. The lowest BCUT2D eigenvalue weighted by Gasteiger charge is -2.41. The molecule has 1 saturated heterocycles. The summed E-state index contributed by atoms with van der Waals surface area (Å²) in [4.78, 5) is 35.9. The summed E-state index contributed by atoms with van der Waals surface area (Å²) in [6, 6.07) is 12.6. The Labute approximate surface area is 281 Å². The summed E-state index contributed by atoms with van der Waals surface area (Å²) >= 11 is 0. The van der Waals surface area contributed by atoms with Crippen LogP contribution in [0.4, 0.5) is 18.9 Å². The number of rotatable bonds is 11. The van der Waals surface area contributed by atoms with Crippen LogP contribution in [-0.2, 0) is 28.0 Å². The Bertz CT molecular complexity index is 1940. The number of carboxylic acids is 1. The molecule has 3 aromatic carbocycles. The molecule has 4 aromatic rings. The van der Waals surface area contributed by atoms with Crippen LogP contribution in [0.25, 0.3) is 0 Å². The van der Waals surface area contributed by atoms with Crippen LogP contribution in [0.15, 0.2) is 78.0 Å². The molecule has 1 N–H and O–H groups in total. The van der Waals surface area contributed by atoms with Gasteiger partial charge in [0, 0.05) is 30.4 Å². The topological polar surface area (TPSA) is 130 Å². The van der Waals surface area contributed by atoms with E-state index in [0.29, 0.717) is 17.8 Å². The molecule has 6 rings (SSSR count). The largest absolute Gasteiger partial charge is 0.488 e. The molecule has 2 heterocycles. The molecule has 1 aromatic heterocycles. The number of carbonyl (C=O) groups is 2. The number of benzene rings is 3. The number of amides is 1. The number of carbonyl (C=O) groups excluding carboxylic acids is 1. The quantitative estimate of drug-likeness (QED) is 0.183. The number of aromatic nitrogens is 2. The molecule has 1 aliphatic carbocycles. The summed E-state index contributed by atoms with van der Waals surface area (Å²) in [6.45, 7) is -0.260. The fourth-order valence-electron chi connectivity index (χ4n) is 6.12. The van der Waals surface area contributed by atoms with Crippen LogP contribution in [-0.4, -0.2) is 52.3 Å². The number of aromatic carboxylic acids is 1. The van der Waals surface area contributed by atoms with E-state index in [9.17, 15) is 36.3 Å². The van der Waals surface area contributed by atoms with Gasteiger partial charge in [0.1, 0.15) is 24.0 Å². The Balaban J connectivity index is 1.33. The molecule has 1 amide bonds. The molecule has 1 unspecified atom stereocenters. The number of carboxylic acid groups (broad SMARTS) is 1. The highest BCUT2D eigenvalue weighted by Crippen LogP contribution is 2.34. The number of halogens is 3. The first kappa shape index (κ1) is 34.1. The smallest absolute Gasteiger partial charge is 0.339 e. The number of hydrogen-bond donors (Lipinski definition) is 1. The van der Waals surface area contributed by atoms with Crippen LogP contribution in [0.5, 0.6) is 5.75 Å². The second kappa shape index (κ2) is 14.3. The summed E-state index contributed by atoms with van der Waals surface area (Å²) in [5, 5.41) is 9.87. The van der Waals surface area contributed by atoms with Crippen molar-refractivity contribution in [3.63, 3.8) is 0 Å². The normalized spacial score (nSPS) is 16.9. The monoisotopic (exact) mass is 694 g/mol. The maximum atomic E-state index is 14.2. The summed E-state index contributed by atoms with van der Waals surface area (Å²) in [6.07, 6.45) is 8.72. The Morgan fingerprint density at radius 2 is 1.63 bits per heavy atom. The van der Waals surface area contributed by atoms with Gasteiger partial charge in [0.05, 0.1) is 29.0 Å². The minimum Gasteiger partial charge on any atom is -0.488 e. The van der Waals surface area contributed by atoms with Gasteiger partial charge in [0.25, 0.3) is 0 Å².